The van der Waals surface area contributed by atoms with Gasteiger partial charge in [0, 0.05) is 12.6 Å². The van der Waals surface area contributed by atoms with Crippen molar-refractivity contribution in [2.24, 2.45) is 0 Å². The number of nitrogens with zero attached hydrogens (tertiary/aromatic N) is 2. The molecular weight excluding hydrogens is 349 g/mol. The molecular formula is C17H13Cl2N3O2. The Morgan fingerprint density at radius 1 is 1.17 bits per heavy atom. The number of anilines is 2. The van der Waals surface area contributed by atoms with Gasteiger partial charge in [-0.15, -0.1) is 0 Å². The molecule has 0 aromatic heterocycles. The fraction of sp³-hybridized carbons (Fsp3) is 0.118. The molecule has 0 aliphatic rings. The average Bonchev–Trinajstić information content (AvgIpc) is 2.56. The van der Waals surface area contributed by atoms with E-state index in [-0.39, 0.29) is 12.5 Å². The summed E-state index contributed by atoms with van der Waals surface area (Å²) in [4.78, 5) is 25.4. The lowest BCUT2D eigenvalue weighted by atomic mass is 10.2. The van der Waals surface area contributed by atoms with Crippen molar-refractivity contribution in [2.75, 3.05) is 16.8 Å². The first-order valence-corrected chi connectivity index (χ1v) is 7.70. The number of rotatable bonds is 4. The van der Waals surface area contributed by atoms with Crippen molar-refractivity contribution in [1.29, 1.82) is 5.26 Å². The summed E-state index contributed by atoms with van der Waals surface area (Å²) in [7, 11) is 0. The standard InChI is InChI=1S/C17H13Cl2N3O2/c1-11(23)22(13-5-2-4-12(8-13)9-20)10-16(24)21-17-14(18)6-3-7-15(17)19/h2-8H,10H2,1H3,(H,21,24). The Labute approximate surface area is 149 Å². The van der Waals surface area contributed by atoms with Crippen molar-refractivity contribution < 1.29 is 9.59 Å². The molecule has 0 aliphatic carbocycles. The maximum Gasteiger partial charge on any atom is 0.244 e. The van der Waals surface area contributed by atoms with Crippen LogP contribution >= 0.6 is 23.2 Å². The quantitative estimate of drug-likeness (QED) is 0.898. The summed E-state index contributed by atoms with van der Waals surface area (Å²) in [5.74, 6) is -0.784. The smallest absolute Gasteiger partial charge is 0.244 e. The molecule has 0 aliphatic heterocycles. The zero-order valence-electron chi connectivity index (χ0n) is 12.7. The zero-order chi connectivity index (χ0) is 17.7. The van der Waals surface area contributed by atoms with Gasteiger partial charge in [-0.1, -0.05) is 35.3 Å². The fourth-order valence-electron chi connectivity index (χ4n) is 2.07. The SMILES string of the molecule is CC(=O)N(CC(=O)Nc1c(Cl)cccc1Cl)c1cccc(C#N)c1. The van der Waals surface area contributed by atoms with Gasteiger partial charge in [0.1, 0.15) is 6.54 Å². The molecule has 0 radical (unpaired) electrons. The molecule has 7 heteroatoms. The molecule has 2 amide bonds. The Morgan fingerprint density at radius 2 is 1.79 bits per heavy atom. The maximum atomic E-state index is 12.3. The topological polar surface area (TPSA) is 73.2 Å². The summed E-state index contributed by atoms with van der Waals surface area (Å²) in [6.07, 6.45) is 0. The molecule has 2 aromatic carbocycles. The lowest BCUT2D eigenvalue weighted by Gasteiger charge is -2.21. The molecule has 122 valence electrons. The minimum absolute atomic E-state index is 0.230. The van der Waals surface area contributed by atoms with Crippen LogP contribution in [0.3, 0.4) is 0 Å². The van der Waals surface area contributed by atoms with Gasteiger partial charge in [-0.25, -0.2) is 0 Å². The minimum Gasteiger partial charge on any atom is -0.322 e. The van der Waals surface area contributed by atoms with Crippen LogP contribution in [0, 0.1) is 11.3 Å². The van der Waals surface area contributed by atoms with Crippen LogP contribution in [0.25, 0.3) is 0 Å². The Kier molecular flexibility index (Phi) is 5.80. The van der Waals surface area contributed by atoms with E-state index in [9.17, 15) is 9.59 Å². The third-order valence-electron chi connectivity index (χ3n) is 3.20. The van der Waals surface area contributed by atoms with Gasteiger partial charge in [-0.2, -0.15) is 5.26 Å². The number of para-hydroxylation sites is 1. The molecule has 5 nitrogen and oxygen atoms in total. The second kappa shape index (κ2) is 7.82. The molecule has 0 heterocycles. The zero-order valence-corrected chi connectivity index (χ0v) is 14.2. The third-order valence-corrected chi connectivity index (χ3v) is 3.83. The number of amides is 2. The molecule has 24 heavy (non-hydrogen) atoms. The molecule has 2 rings (SSSR count). The fourth-order valence-corrected chi connectivity index (χ4v) is 2.56. The van der Waals surface area contributed by atoms with Gasteiger partial charge in [-0.05, 0) is 30.3 Å². The van der Waals surface area contributed by atoms with Crippen LogP contribution in [0.4, 0.5) is 11.4 Å². The van der Waals surface area contributed by atoms with Crippen LogP contribution in [-0.4, -0.2) is 18.4 Å². The van der Waals surface area contributed by atoms with Crippen molar-refractivity contribution in [2.45, 2.75) is 6.92 Å². The van der Waals surface area contributed by atoms with Gasteiger partial charge < -0.3 is 10.2 Å². The van der Waals surface area contributed by atoms with Gasteiger partial charge in [0.2, 0.25) is 11.8 Å². The Morgan fingerprint density at radius 3 is 2.38 bits per heavy atom. The van der Waals surface area contributed by atoms with E-state index in [2.05, 4.69) is 5.32 Å². The number of carbonyl (C=O) groups is 2. The predicted molar refractivity (Wildman–Crippen MR) is 94.3 cm³/mol. The maximum absolute atomic E-state index is 12.3. The lowest BCUT2D eigenvalue weighted by molar-refractivity contribution is -0.120. The van der Waals surface area contributed by atoms with E-state index >= 15 is 0 Å². The highest BCUT2D eigenvalue weighted by Gasteiger charge is 2.18. The number of hydrogen-bond donors (Lipinski definition) is 1. The number of nitriles is 1. The van der Waals surface area contributed by atoms with Gasteiger partial charge in [-0.3, -0.25) is 9.59 Å². The second-order valence-corrected chi connectivity index (χ2v) is 5.73. The Bertz CT molecular complexity index is 811. The molecule has 0 bridgehead atoms. The number of halogens is 2. The number of benzene rings is 2. The minimum atomic E-state index is -0.456. The number of hydrogen-bond acceptors (Lipinski definition) is 3. The Balaban J connectivity index is 2.20. The summed E-state index contributed by atoms with van der Waals surface area (Å²) >= 11 is 12.0. The molecule has 0 saturated carbocycles. The first-order chi connectivity index (χ1) is 11.4. The number of nitrogens with one attached hydrogen (secondary N) is 1. The summed E-state index contributed by atoms with van der Waals surface area (Å²) in [5.41, 5.74) is 1.15. The first-order valence-electron chi connectivity index (χ1n) is 6.94. The van der Waals surface area contributed by atoms with Crippen molar-refractivity contribution >= 4 is 46.4 Å². The normalized spacial score (nSPS) is 9.92. The number of carbonyl (C=O) groups excluding carboxylic acids is 2. The van der Waals surface area contributed by atoms with E-state index in [4.69, 9.17) is 28.5 Å². The summed E-state index contributed by atoms with van der Waals surface area (Å²) in [5, 5.41) is 12.2. The molecule has 0 atom stereocenters. The molecule has 2 aromatic rings. The van der Waals surface area contributed by atoms with Crippen LogP contribution in [0.5, 0.6) is 0 Å². The van der Waals surface area contributed by atoms with E-state index < -0.39 is 5.91 Å². The Hall–Kier alpha value is -2.55. The molecule has 0 saturated heterocycles. The highest BCUT2D eigenvalue weighted by atomic mass is 35.5. The van der Waals surface area contributed by atoms with Crippen LogP contribution in [0.15, 0.2) is 42.5 Å². The summed E-state index contributed by atoms with van der Waals surface area (Å²) in [6, 6.07) is 13.3. The molecule has 0 unspecified atom stereocenters. The lowest BCUT2D eigenvalue weighted by Crippen LogP contribution is -2.36. The molecule has 0 fully saturated rings. The van der Waals surface area contributed by atoms with E-state index in [1.165, 1.54) is 17.9 Å². The van der Waals surface area contributed by atoms with Crippen molar-refractivity contribution in [3.05, 3.63) is 58.1 Å². The summed E-state index contributed by atoms with van der Waals surface area (Å²) < 4.78 is 0. The van der Waals surface area contributed by atoms with Crippen LogP contribution in [0.2, 0.25) is 10.0 Å². The van der Waals surface area contributed by atoms with E-state index in [0.29, 0.717) is 27.0 Å². The highest BCUT2D eigenvalue weighted by Crippen LogP contribution is 2.29. The van der Waals surface area contributed by atoms with E-state index in [1.54, 1.807) is 36.4 Å². The van der Waals surface area contributed by atoms with Crippen LogP contribution in [0.1, 0.15) is 12.5 Å². The highest BCUT2D eigenvalue weighted by molar-refractivity contribution is 6.39. The average molecular weight is 362 g/mol. The van der Waals surface area contributed by atoms with Crippen molar-refractivity contribution in [3.8, 4) is 6.07 Å². The van der Waals surface area contributed by atoms with Gasteiger partial charge in [0.15, 0.2) is 0 Å². The van der Waals surface area contributed by atoms with Crippen LogP contribution < -0.4 is 10.2 Å². The van der Waals surface area contributed by atoms with Crippen molar-refractivity contribution in [3.63, 3.8) is 0 Å². The van der Waals surface area contributed by atoms with Crippen LogP contribution in [-0.2, 0) is 9.59 Å². The van der Waals surface area contributed by atoms with E-state index in [0.717, 1.165) is 0 Å². The van der Waals surface area contributed by atoms with Crippen molar-refractivity contribution in [1.82, 2.24) is 0 Å². The molecule has 1 N–H and O–H groups in total. The largest absolute Gasteiger partial charge is 0.322 e. The molecule has 0 spiro atoms. The monoisotopic (exact) mass is 361 g/mol. The van der Waals surface area contributed by atoms with Gasteiger partial charge in [0.05, 0.1) is 27.4 Å². The van der Waals surface area contributed by atoms with Gasteiger partial charge in [0.25, 0.3) is 0 Å². The third kappa shape index (κ3) is 4.25. The second-order valence-electron chi connectivity index (χ2n) is 4.91. The first kappa shape index (κ1) is 17.8. The van der Waals surface area contributed by atoms with Gasteiger partial charge >= 0.3 is 0 Å². The predicted octanol–water partition coefficient (Wildman–Crippen LogP) is 3.86. The summed E-state index contributed by atoms with van der Waals surface area (Å²) in [6.45, 7) is 1.11. The van der Waals surface area contributed by atoms with E-state index in [1.807, 2.05) is 6.07 Å².